The summed E-state index contributed by atoms with van der Waals surface area (Å²) in [6.45, 7) is 0.378. The summed E-state index contributed by atoms with van der Waals surface area (Å²) in [5, 5.41) is 28.3. The van der Waals surface area contributed by atoms with Gasteiger partial charge in [-0.05, 0) is 69.4 Å². The first-order valence-electron chi connectivity index (χ1n) is 11.9. The van der Waals surface area contributed by atoms with E-state index in [4.69, 9.17) is 0 Å². The average molecular weight is 665 g/mol. The first kappa shape index (κ1) is 32.3. The molecule has 14 nitrogen and oxygen atoms in total. The quantitative estimate of drug-likeness (QED) is 0.158. The number of ether oxygens (including phenoxy) is 2. The zero-order valence-corrected chi connectivity index (χ0v) is 23.4. The number of hydrogen-bond donors (Lipinski definition) is 2. The summed E-state index contributed by atoms with van der Waals surface area (Å²) in [6.07, 6.45) is -9.65. The molecule has 0 aliphatic carbocycles. The van der Waals surface area contributed by atoms with Crippen molar-refractivity contribution in [2.75, 3.05) is 22.1 Å². The molecular formula is C22H18F6N10O4S2. The Balaban J connectivity index is 1.21. The normalized spacial score (nSPS) is 11.7. The molecule has 0 fully saturated rings. The monoisotopic (exact) mass is 664 g/mol. The lowest BCUT2D eigenvalue weighted by molar-refractivity contribution is -0.275. The van der Waals surface area contributed by atoms with Gasteiger partial charge in [-0.15, -0.1) is 36.5 Å². The topological polar surface area (TPSA) is 164 Å². The fourth-order valence-corrected chi connectivity index (χ4v) is 4.61. The fraction of sp³-hybridized carbons (Fsp3) is 0.273. The number of thioether (sulfide) groups is 2. The van der Waals surface area contributed by atoms with Crippen LogP contribution < -0.4 is 20.1 Å². The van der Waals surface area contributed by atoms with Gasteiger partial charge in [-0.25, -0.2) is 9.36 Å². The number of alkyl halides is 6. The molecule has 0 bridgehead atoms. The summed E-state index contributed by atoms with van der Waals surface area (Å²) in [6, 6.07) is 9.28. The van der Waals surface area contributed by atoms with Crippen molar-refractivity contribution in [3.05, 3.63) is 48.5 Å². The molecule has 44 heavy (non-hydrogen) atoms. The van der Waals surface area contributed by atoms with Gasteiger partial charge in [0.05, 0.1) is 24.6 Å². The van der Waals surface area contributed by atoms with Gasteiger partial charge < -0.3 is 20.1 Å². The van der Waals surface area contributed by atoms with E-state index in [1.54, 1.807) is 0 Å². The van der Waals surface area contributed by atoms with Crippen LogP contribution in [0.3, 0.4) is 0 Å². The maximum Gasteiger partial charge on any atom is 0.573 e. The molecule has 0 aliphatic rings. The SMILES string of the molecule is O=C(CSc1nnnn1CCn1nnnc1SCC(=O)Nc1ccc(OC(F)(F)F)cc1)Nc1ccc(OC(F)(F)F)cc1. The van der Waals surface area contributed by atoms with Gasteiger partial charge >= 0.3 is 12.7 Å². The zero-order chi connectivity index (χ0) is 31.7. The molecule has 2 amide bonds. The van der Waals surface area contributed by atoms with E-state index in [1.165, 1.54) is 33.6 Å². The first-order chi connectivity index (χ1) is 20.8. The van der Waals surface area contributed by atoms with Crippen LogP contribution in [0.5, 0.6) is 11.5 Å². The molecule has 2 aromatic heterocycles. The average Bonchev–Trinajstić information content (AvgIpc) is 3.59. The second kappa shape index (κ2) is 14.2. The third-order valence-corrected chi connectivity index (χ3v) is 6.84. The Labute approximate surface area is 250 Å². The number of benzene rings is 2. The van der Waals surface area contributed by atoms with Crippen molar-refractivity contribution < 1.29 is 45.4 Å². The number of nitrogens with zero attached hydrogens (tertiary/aromatic N) is 8. The highest BCUT2D eigenvalue weighted by molar-refractivity contribution is 8.00. The number of hydrogen-bond acceptors (Lipinski definition) is 12. The molecule has 2 N–H and O–H groups in total. The summed E-state index contributed by atoms with van der Waals surface area (Å²) in [5.74, 6) is -2.00. The molecule has 0 saturated heterocycles. The Kier molecular flexibility index (Phi) is 10.5. The number of nitrogens with one attached hydrogen (secondary N) is 2. The van der Waals surface area contributed by atoms with Crippen molar-refractivity contribution in [3.8, 4) is 11.5 Å². The maximum absolute atomic E-state index is 12.3. The molecule has 0 spiro atoms. The van der Waals surface area contributed by atoms with Gasteiger partial charge in [0, 0.05) is 11.4 Å². The van der Waals surface area contributed by atoms with Crippen LogP contribution in [0.15, 0.2) is 58.8 Å². The van der Waals surface area contributed by atoms with Gasteiger partial charge in [-0.1, -0.05) is 23.5 Å². The van der Waals surface area contributed by atoms with Crippen LogP contribution in [-0.2, 0) is 22.7 Å². The molecule has 0 atom stereocenters. The molecule has 22 heteroatoms. The number of rotatable bonds is 13. The van der Waals surface area contributed by atoms with Crippen LogP contribution in [0.25, 0.3) is 0 Å². The number of tetrazole rings is 2. The third kappa shape index (κ3) is 10.6. The van der Waals surface area contributed by atoms with E-state index < -0.39 is 36.0 Å². The molecule has 2 heterocycles. The molecule has 0 aliphatic heterocycles. The van der Waals surface area contributed by atoms with Gasteiger partial charge in [0.25, 0.3) is 0 Å². The van der Waals surface area contributed by atoms with Crippen LogP contribution in [0, 0.1) is 0 Å². The maximum atomic E-state index is 12.3. The summed E-state index contributed by atoms with van der Waals surface area (Å²) < 4.78 is 84.1. The van der Waals surface area contributed by atoms with Crippen molar-refractivity contribution in [2.45, 2.75) is 36.1 Å². The summed E-state index contributed by atoms with van der Waals surface area (Å²) in [4.78, 5) is 24.6. The van der Waals surface area contributed by atoms with Crippen LogP contribution in [-0.4, -0.2) is 76.5 Å². The number of amides is 2. The second-order valence-electron chi connectivity index (χ2n) is 8.19. The van der Waals surface area contributed by atoms with Crippen molar-refractivity contribution >= 4 is 46.7 Å². The smallest absolute Gasteiger partial charge is 0.406 e. The van der Waals surface area contributed by atoms with Crippen LogP contribution in [0.1, 0.15) is 0 Å². The van der Waals surface area contributed by atoms with Gasteiger partial charge in [0.15, 0.2) is 0 Å². The Morgan fingerprint density at radius 2 is 1.02 bits per heavy atom. The lowest BCUT2D eigenvalue weighted by Gasteiger charge is -2.10. The van der Waals surface area contributed by atoms with Crippen molar-refractivity contribution in [1.82, 2.24) is 40.4 Å². The van der Waals surface area contributed by atoms with Crippen molar-refractivity contribution in [3.63, 3.8) is 0 Å². The number of halogens is 6. The second-order valence-corrected chi connectivity index (χ2v) is 10.1. The van der Waals surface area contributed by atoms with E-state index in [-0.39, 0.29) is 36.0 Å². The van der Waals surface area contributed by atoms with Crippen molar-refractivity contribution in [1.29, 1.82) is 0 Å². The number of carbonyl (C=O) groups is 2. The number of carbonyl (C=O) groups excluding carboxylic acids is 2. The number of anilines is 2. The lowest BCUT2D eigenvalue weighted by Crippen LogP contribution is -2.18. The predicted octanol–water partition coefficient (Wildman–Crippen LogP) is 3.62. The lowest BCUT2D eigenvalue weighted by atomic mass is 10.3. The molecule has 4 rings (SSSR count). The third-order valence-electron chi connectivity index (χ3n) is 4.93. The van der Waals surface area contributed by atoms with Crippen LogP contribution in [0.4, 0.5) is 37.7 Å². The van der Waals surface area contributed by atoms with Crippen molar-refractivity contribution in [2.24, 2.45) is 0 Å². The van der Waals surface area contributed by atoms with Gasteiger partial charge in [-0.2, -0.15) is 0 Å². The molecule has 0 unspecified atom stereocenters. The summed E-state index contributed by atoms with van der Waals surface area (Å²) in [5.41, 5.74) is 0.520. The van der Waals surface area contributed by atoms with E-state index in [0.29, 0.717) is 10.3 Å². The molecule has 2 aromatic carbocycles. The van der Waals surface area contributed by atoms with Crippen LogP contribution in [0.2, 0.25) is 0 Å². The minimum atomic E-state index is -4.83. The number of aryl methyl sites for hydroxylation is 2. The molecule has 234 valence electrons. The van der Waals surface area contributed by atoms with E-state index in [2.05, 4.69) is 51.2 Å². The minimum Gasteiger partial charge on any atom is -0.406 e. The highest BCUT2D eigenvalue weighted by Crippen LogP contribution is 2.25. The molecule has 0 radical (unpaired) electrons. The Bertz CT molecular complexity index is 1430. The first-order valence-corrected chi connectivity index (χ1v) is 13.9. The number of aromatic nitrogens is 8. The molecular weight excluding hydrogens is 646 g/mol. The minimum absolute atomic E-state index is 0.111. The molecule has 4 aromatic rings. The van der Waals surface area contributed by atoms with Gasteiger partial charge in [0.2, 0.25) is 22.1 Å². The zero-order valence-electron chi connectivity index (χ0n) is 21.7. The Morgan fingerprint density at radius 1 is 0.659 bits per heavy atom. The Hall–Kier alpha value is -4.60. The van der Waals surface area contributed by atoms with E-state index in [0.717, 1.165) is 47.8 Å². The van der Waals surface area contributed by atoms with Crippen LogP contribution >= 0.6 is 23.5 Å². The van der Waals surface area contributed by atoms with Gasteiger partial charge in [0.1, 0.15) is 11.5 Å². The van der Waals surface area contributed by atoms with E-state index in [9.17, 15) is 35.9 Å². The standard InChI is InChI=1S/C22H18F6N10O4S2/c23-21(24,25)41-15-5-1-13(2-6-15)29-17(39)11-43-19-31-33-35-37(19)9-10-38-20(32-34-36-38)44-12-18(40)30-14-3-7-16(8-4-14)42-22(26,27)28/h1-8H,9-12H2,(H,29,39)(H,30,40). The summed E-state index contributed by atoms with van der Waals surface area (Å²) in [7, 11) is 0. The largest absolute Gasteiger partial charge is 0.573 e. The highest BCUT2D eigenvalue weighted by Gasteiger charge is 2.31. The predicted molar refractivity (Wildman–Crippen MR) is 141 cm³/mol. The molecule has 0 saturated carbocycles. The van der Waals surface area contributed by atoms with Gasteiger partial charge in [-0.3, -0.25) is 9.59 Å². The highest BCUT2D eigenvalue weighted by atomic mass is 32.2. The summed E-state index contributed by atoms with van der Waals surface area (Å²) >= 11 is 2.02. The Morgan fingerprint density at radius 3 is 1.36 bits per heavy atom. The van der Waals surface area contributed by atoms with E-state index >= 15 is 0 Å². The fourth-order valence-electron chi connectivity index (χ4n) is 3.20. The van der Waals surface area contributed by atoms with E-state index in [1.807, 2.05) is 0 Å².